The van der Waals surface area contributed by atoms with E-state index in [0.29, 0.717) is 5.39 Å². The van der Waals surface area contributed by atoms with E-state index in [4.69, 9.17) is 5.11 Å². The molecule has 0 unspecified atom stereocenters. The van der Waals surface area contributed by atoms with Crippen molar-refractivity contribution < 1.29 is 27.8 Å². The largest absolute Gasteiger partial charge is 0.478 e. The van der Waals surface area contributed by atoms with Gasteiger partial charge in [-0.1, -0.05) is 6.07 Å². The first-order chi connectivity index (χ1) is 8.87. The Labute approximate surface area is 105 Å². The summed E-state index contributed by atoms with van der Waals surface area (Å²) in [5.74, 6) is -1.33. The van der Waals surface area contributed by atoms with Gasteiger partial charge >= 0.3 is 12.1 Å². The summed E-state index contributed by atoms with van der Waals surface area (Å²) in [4.78, 5) is 14.8. The molecule has 100 valence electrons. The number of aromatic nitrogens is 1. The quantitative estimate of drug-likeness (QED) is 0.932. The Morgan fingerprint density at radius 3 is 2.63 bits per heavy atom. The molecule has 0 fully saturated rings. The van der Waals surface area contributed by atoms with Gasteiger partial charge in [0.15, 0.2) is 6.61 Å². The Kier molecular flexibility index (Phi) is 3.28. The number of aromatic carboxylic acids is 1. The normalized spacial score (nSPS) is 11.5. The zero-order valence-electron chi connectivity index (χ0n) is 9.44. The maximum absolute atomic E-state index is 12.0. The van der Waals surface area contributed by atoms with Crippen molar-refractivity contribution in [1.29, 1.82) is 0 Å². The SMILES string of the molecule is O=C(O)c1cccc2nc(OCC(F)(F)F)ccc12. The van der Waals surface area contributed by atoms with Gasteiger partial charge in [-0.3, -0.25) is 0 Å². The third kappa shape index (κ3) is 3.12. The summed E-state index contributed by atoms with van der Waals surface area (Å²) in [6.45, 7) is -1.44. The maximum Gasteiger partial charge on any atom is 0.422 e. The molecule has 0 aliphatic carbocycles. The lowest BCUT2D eigenvalue weighted by Crippen LogP contribution is -2.19. The number of nitrogens with zero attached hydrogens (tertiary/aromatic N) is 1. The Hall–Kier alpha value is -2.31. The van der Waals surface area contributed by atoms with Crippen molar-refractivity contribution in [2.75, 3.05) is 6.61 Å². The van der Waals surface area contributed by atoms with Crippen LogP contribution in [0.1, 0.15) is 10.4 Å². The highest BCUT2D eigenvalue weighted by Crippen LogP contribution is 2.22. The highest BCUT2D eigenvalue weighted by atomic mass is 19.4. The summed E-state index contributed by atoms with van der Waals surface area (Å²) in [5, 5.41) is 9.30. The number of benzene rings is 1. The molecule has 2 aromatic rings. The minimum absolute atomic E-state index is 0.0346. The molecule has 0 atom stereocenters. The number of ether oxygens (including phenoxy) is 1. The molecular formula is C12H8F3NO3. The van der Waals surface area contributed by atoms with Crippen LogP contribution in [0.5, 0.6) is 5.88 Å². The van der Waals surface area contributed by atoms with Crippen molar-refractivity contribution >= 4 is 16.9 Å². The van der Waals surface area contributed by atoms with E-state index in [1.807, 2.05) is 0 Å². The molecule has 1 N–H and O–H groups in total. The van der Waals surface area contributed by atoms with Crippen molar-refractivity contribution in [1.82, 2.24) is 4.98 Å². The van der Waals surface area contributed by atoms with E-state index in [2.05, 4.69) is 9.72 Å². The van der Waals surface area contributed by atoms with Crippen LogP contribution in [-0.4, -0.2) is 28.8 Å². The lowest BCUT2D eigenvalue weighted by atomic mass is 10.1. The third-order valence-electron chi connectivity index (χ3n) is 2.32. The Bertz CT molecular complexity index is 625. The molecule has 7 heteroatoms. The van der Waals surface area contributed by atoms with Gasteiger partial charge in [-0.15, -0.1) is 0 Å². The van der Waals surface area contributed by atoms with Crippen molar-refractivity contribution in [2.24, 2.45) is 0 Å². The molecule has 0 saturated heterocycles. The number of hydrogen-bond acceptors (Lipinski definition) is 3. The van der Waals surface area contributed by atoms with Gasteiger partial charge in [-0.05, 0) is 18.2 Å². The Balaban J connectivity index is 2.34. The predicted octanol–water partition coefficient (Wildman–Crippen LogP) is 2.87. The molecule has 4 nitrogen and oxygen atoms in total. The molecule has 0 amide bonds. The van der Waals surface area contributed by atoms with E-state index in [1.165, 1.54) is 30.3 Å². The van der Waals surface area contributed by atoms with Crippen LogP contribution >= 0.6 is 0 Å². The maximum atomic E-state index is 12.0. The lowest BCUT2D eigenvalue weighted by molar-refractivity contribution is -0.154. The van der Waals surface area contributed by atoms with E-state index < -0.39 is 18.8 Å². The van der Waals surface area contributed by atoms with Crippen LogP contribution < -0.4 is 4.74 Å². The number of halogens is 3. The standard InChI is InChI=1S/C12H8F3NO3/c13-12(14,15)6-19-10-5-4-7-8(11(17)18)2-1-3-9(7)16-10/h1-5H,6H2,(H,17,18). The fourth-order valence-electron chi connectivity index (χ4n) is 1.56. The van der Waals surface area contributed by atoms with Gasteiger partial charge in [0.1, 0.15) is 0 Å². The minimum atomic E-state index is -4.44. The summed E-state index contributed by atoms with van der Waals surface area (Å²) in [7, 11) is 0. The molecule has 0 bridgehead atoms. The second kappa shape index (κ2) is 4.75. The van der Waals surface area contributed by atoms with E-state index in [9.17, 15) is 18.0 Å². The minimum Gasteiger partial charge on any atom is -0.478 e. The van der Waals surface area contributed by atoms with E-state index in [-0.39, 0.29) is 17.0 Å². The van der Waals surface area contributed by atoms with Crippen LogP contribution in [0.2, 0.25) is 0 Å². The molecule has 19 heavy (non-hydrogen) atoms. The van der Waals surface area contributed by atoms with Crippen molar-refractivity contribution in [3.8, 4) is 5.88 Å². The summed E-state index contributed by atoms with van der Waals surface area (Å²) in [6, 6.07) is 6.94. The Morgan fingerprint density at radius 1 is 1.26 bits per heavy atom. The van der Waals surface area contributed by atoms with Crippen molar-refractivity contribution in [2.45, 2.75) is 6.18 Å². The molecule has 0 radical (unpaired) electrons. The lowest BCUT2D eigenvalue weighted by Gasteiger charge is -2.09. The van der Waals surface area contributed by atoms with Crippen LogP contribution in [0.15, 0.2) is 30.3 Å². The van der Waals surface area contributed by atoms with Gasteiger partial charge in [0.2, 0.25) is 5.88 Å². The molecule has 0 spiro atoms. The third-order valence-corrected chi connectivity index (χ3v) is 2.32. The molecule has 1 heterocycles. The number of pyridine rings is 1. The average molecular weight is 271 g/mol. The molecule has 0 aliphatic heterocycles. The predicted molar refractivity (Wildman–Crippen MR) is 60.3 cm³/mol. The van der Waals surface area contributed by atoms with Crippen molar-refractivity contribution in [3.05, 3.63) is 35.9 Å². The van der Waals surface area contributed by atoms with E-state index in [1.54, 1.807) is 0 Å². The van der Waals surface area contributed by atoms with Crippen LogP contribution in [0, 0.1) is 0 Å². The Morgan fingerprint density at radius 2 is 2.00 bits per heavy atom. The van der Waals surface area contributed by atoms with Gasteiger partial charge in [0.05, 0.1) is 11.1 Å². The van der Waals surface area contributed by atoms with Crippen LogP contribution in [0.25, 0.3) is 10.9 Å². The molecule has 1 aromatic carbocycles. The number of carbonyl (C=O) groups is 1. The summed E-state index contributed by atoms with van der Waals surface area (Å²) in [6.07, 6.45) is -4.44. The smallest absolute Gasteiger partial charge is 0.422 e. The number of carboxylic acid groups (broad SMARTS) is 1. The second-order valence-electron chi connectivity index (χ2n) is 3.73. The topological polar surface area (TPSA) is 59.4 Å². The number of hydrogen-bond donors (Lipinski definition) is 1. The monoisotopic (exact) mass is 271 g/mol. The van der Waals surface area contributed by atoms with E-state index in [0.717, 1.165) is 0 Å². The van der Waals surface area contributed by atoms with Gasteiger partial charge in [-0.25, -0.2) is 9.78 Å². The number of rotatable bonds is 3. The zero-order valence-corrected chi connectivity index (χ0v) is 9.44. The van der Waals surface area contributed by atoms with Crippen LogP contribution in [0.4, 0.5) is 13.2 Å². The molecule has 0 saturated carbocycles. The van der Waals surface area contributed by atoms with E-state index >= 15 is 0 Å². The number of fused-ring (bicyclic) bond motifs is 1. The first-order valence-electron chi connectivity index (χ1n) is 5.19. The fraction of sp³-hybridized carbons (Fsp3) is 0.167. The van der Waals surface area contributed by atoms with Gasteiger partial charge in [0.25, 0.3) is 0 Å². The van der Waals surface area contributed by atoms with Crippen LogP contribution in [-0.2, 0) is 0 Å². The summed E-state index contributed by atoms with van der Waals surface area (Å²) in [5.41, 5.74) is 0.298. The number of carboxylic acids is 1. The van der Waals surface area contributed by atoms with Crippen molar-refractivity contribution in [3.63, 3.8) is 0 Å². The summed E-state index contributed by atoms with van der Waals surface area (Å²) >= 11 is 0. The van der Waals surface area contributed by atoms with Gasteiger partial charge in [-0.2, -0.15) is 13.2 Å². The first kappa shape index (κ1) is 13.1. The number of alkyl halides is 3. The average Bonchev–Trinajstić information content (AvgIpc) is 2.34. The van der Waals surface area contributed by atoms with Crippen LogP contribution in [0.3, 0.4) is 0 Å². The van der Waals surface area contributed by atoms with Gasteiger partial charge in [0, 0.05) is 11.5 Å². The highest BCUT2D eigenvalue weighted by Gasteiger charge is 2.28. The molecule has 1 aromatic heterocycles. The summed E-state index contributed by atoms with van der Waals surface area (Å²) < 4.78 is 40.5. The first-order valence-corrected chi connectivity index (χ1v) is 5.19. The zero-order chi connectivity index (χ0) is 14.0. The molecular weight excluding hydrogens is 263 g/mol. The molecule has 2 rings (SSSR count). The van der Waals surface area contributed by atoms with Gasteiger partial charge < -0.3 is 9.84 Å². The highest BCUT2D eigenvalue weighted by molar-refractivity contribution is 6.02. The molecule has 0 aliphatic rings. The fourth-order valence-corrected chi connectivity index (χ4v) is 1.56. The second-order valence-corrected chi connectivity index (χ2v) is 3.73.